The highest BCUT2D eigenvalue weighted by Gasteiger charge is 2.61. The summed E-state index contributed by atoms with van der Waals surface area (Å²) in [6, 6.07) is 4.19. The van der Waals surface area contributed by atoms with Gasteiger partial charge in [-0.05, 0) is 44.4 Å². The lowest BCUT2D eigenvalue weighted by Crippen LogP contribution is -2.73. The van der Waals surface area contributed by atoms with Crippen LogP contribution >= 0.6 is 0 Å². The van der Waals surface area contributed by atoms with E-state index in [9.17, 15) is 32.7 Å². The van der Waals surface area contributed by atoms with Gasteiger partial charge < -0.3 is 14.9 Å². The highest BCUT2D eigenvalue weighted by atomic mass is 19.4. The molecule has 9 heteroatoms. The van der Waals surface area contributed by atoms with Crippen molar-refractivity contribution in [3.05, 3.63) is 35.4 Å². The molecular weight excluding hydrogens is 377 g/mol. The lowest BCUT2D eigenvalue weighted by molar-refractivity contribution is -0.183. The van der Waals surface area contributed by atoms with Gasteiger partial charge in [0.1, 0.15) is 12.1 Å². The Kier molecular flexibility index (Phi) is 4.89. The fourth-order valence-corrected chi connectivity index (χ4v) is 3.89. The van der Waals surface area contributed by atoms with Crippen molar-refractivity contribution in [1.82, 2.24) is 9.80 Å². The SMILES string of the molecule is CC(C)N1CC(=O)N(Cc2ccc(C(F)(F)F)cc2)C2(CC(C(=O)O)C2)C1=O. The number of amides is 2. The van der Waals surface area contributed by atoms with Gasteiger partial charge in [0.25, 0.3) is 0 Å². The van der Waals surface area contributed by atoms with Gasteiger partial charge in [-0.15, -0.1) is 0 Å². The van der Waals surface area contributed by atoms with Crippen molar-refractivity contribution >= 4 is 17.8 Å². The second kappa shape index (κ2) is 6.79. The molecule has 0 unspecified atom stereocenters. The number of nitrogens with zero attached hydrogens (tertiary/aromatic N) is 2. The molecule has 0 aromatic heterocycles. The van der Waals surface area contributed by atoms with Crippen LogP contribution in [-0.4, -0.2) is 50.8 Å². The summed E-state index contributed by atoms with van der Waals surface area (Å²) in [5, 5.41) is 9.22. The number of rotatable bonds is 4. The number of carboxylic acids is 1. The van der Waals surface area contributed by atoms with Crippen LogP contribution in [0.2, 0.25) is 0 Å². The zero-order chi connectivity index (χ0) is 20.9. The molecule has 2 aliphatic rings. The maximum Gasteiger partial charge on any atom is 0.416 e. The average Bonchev–Trinajstić information content (AvgIpc) is 2.55. The Morgan fingerprint density at radius 3 is 2.25 bits per heavy atom. The molecule has 6 nitrogen and oxygen atoms in total. The first-order valence-corrected chi connectivity index (χ1v) is 8.96. The minimum absolute atomic E-state index is 0.0107. The first-order valence-electron chi connectivity index (χ1n) is 8.96. The number of carboxylic acid groups (broad SMARTS) is 1. The Morgan fingerprint density at radius 1 is 1.21 bits per heavy atom. The van der Waals surface area contributed by atoms with Gasteiger partial charge in [0.2, 0.25) is 11.8 Å². The highest BCUT2D eigenvalue weighted by Crippen LogP contribution is 2.47. The third-order valence-electron chi connectivity index (χ3n) is 5.55. The number of piperazine rings is 1. The third kappa shape index (κ3) is 3.33. The van der Waals surface area contributed by atoms with E-state index < -0.39 is 29.2 Å². The molecule has 0 radical (unpaired) electrons. The molecule has 1 aromatic carbocycles. The number of halogens is 3. The average molecular weight is 398 g/mol. The summed E-state index contributed by atoms with van der Waals surface area (Å²) < 4.78 is 38.2. The Balaban J connectivity index is 1.88. The molecular formula is C19H21F3N2O4. The van der Waals surface area contributed by atoms with Crippen LogP contribution in [0, 0.1) is 5.92 Å². The van der Waals surface area contributed by atoms with Gasteiger partial charge in [-0.2, -0.15) is 13.2 Å². The number of carbonyl (C=O) groups is 3. The summed E-state index contributed by atoms with van der Waals surface area (Å²) in [5.41, 5.74) is -1.59. The van der Waals surface area contributed by atoms with Crippen LogP contribution in [0.1, 0.15) is 37.8 Å². The first kappa shape index (κ1) is 20.2. The van der Waals surface area contributed by atoms with E-state index in [1.54, 1.807) is 13.8 Å². The van der Waals surface area contributed by atoms with Gasteiger partial charge in [-0.3, -0.25) is 14.4 Å². The minimum Gasteiger partial charge on any atom is -0.481 e. The van der Waals surface area contributed by atoms with E-state index >= 15 is 0 Å². The van der Waals surface area contributed by atoms with Crippen LogP contribution < -0.4 is 0 Å². The van der Waals surface area contributed by atoms with E-state index in [-0.39, 0.29) is 43.8 Å². The predicted molar refractivity (Wildman–Crippen MR) is 91.9 cm³/mol. The Bertz CT molecular complexity index is 798. The van der Waals surface area contributed by atoms with E-state index in [1.807, 2.05) is 0 Å². The van der Waals surface area contributed by atoms with Gasteiger partial charge in [-0.1, -0.05) is 12.1 Å². The zero-order valence-corrected chi connectivity index (χ0v) is 15.5. The molecule has 1 saturated carbocycles. The summed E-state index contributed by atoms with van der Waals surface area (Å²) >= 11 is 0. The number of alkyl halides is 3. The molecule has 28 heavy (non-hydrogen) atoms. The Hall–Kier alpha value is -2.58. The Morgan fingerprint density at radius 2 is 1.79 bits per heavy atom. The monoisotopic (exact) mass is 398 g/mol. The van der Waals surface area contributed by atoms with E-state index in [0.29, 0.717) is 5.56 Å². The number of hydrogen-bond acceptors (Lipinski definition) is 3. The maximum absolute atomic E-state index is 13.1. The van der Waals surface area contributed by atoms with Crippen molar-refractivity contribution in [3.63, 3.8) is 0 Å². The van der Waals surface area contributed by atoms with E-state index in [1.165, 1.54) is 21.9 Å². The van der Waals surface area contributed by atoms with Crippen molar-refractivity contribution in [2.75, 3.05) is 6.54 Å². The van der Waals surface area contributed by atoms with Crippen LogP contribution in [0.3, 0.4) is 0 Å². The largest absolute Gasteiger partial charge is 0.481 e. The molecule has 0 atom stereocenters. The number of aliphatic carboxylic acids is 1. The second-order valence-corrected chi connectivity index (χ2v) is 7.68. The molecule has 1 aliphatic heterocycles. The summed E-state index contributed by atoms with van der Waals surface area (Å²) in [5.74, 6) is -2.38. The van der Waals surface area contributed by atoms with Crippen LogP contribution in [0.5, 0.6) is 0 Å². The zero-order valence-electron chi connectivity index (χ0n) is 15.5. The lowest BCUT2D eigenvalue weighted by atomic mass is 9.65. The van der Waals surface area contributed by atoms with Gasteiger partial charge in [0.05, 0.1) is 11.5 Å². The van der Waals surface area contributed by atoms with Gasteiger partial charge in [0, 0.05) is 12.6 Å². The molecule has 1 heterocycles. The van der Waals surface area contributed by atoms with Crippen LogP contribution in [-0.2, 0) is 27.1 Å². The van der Waals surface area contributed by atoms with Crippen LogP contribution in [0.4, 0.5) is 13.2 Å². The van der Waals surface area contributed by atoms with Crippen molar-refractivity contribution in [2.45, 2.75) is 51.0 Å². The minimum atomic E-state index is -4.46. The van der Waals surface area contributed by atoms with Gasteiger partial charge >= 0.3 is 12.1 Å². The molecule has 3 rings (SSSR count). The number of carbonyl (C=O) groups excluding carboxylic acids is 2. The fourth-order valence-electron chi connectivity index (χ4n) is 3.89. The summed E-state index contributed by atoms with van der Waals surface area (Å²) in [7, 11) is 0. The molecule has 152 valence electrons. The molecule has 1 aliphatic carbocycles. The summed E-state index contributed by atoms with van der Waals surface area (Å²) in [4.78, 5) is 39.9. The summed E-state index contributed by atoms with van der Waals surface area (Å²) in [6.45, 7) is 3.38. The molecule has 0 bridgehead atoms. The van der Waals surface area contributed by atoms with Crippen LogP contribution in [0.15, 0.2) is 24.3 Å². The normalized spacial score (nSPS) is 25.4. The highest BCUT2D eigenvalue weighted by molar-refractivity contribution is 6.00. The molecule has 1 aromatic rings. The van der Waals surface area contributed by atoms with E-state index in [4.69, 9.17) is 0 Å². The molecule has 1 saturated heterocycles. The number of hydrogen-bond donors (Lipinski definition) is 1. The molecule has 2 amide bonds. The van der Waals surface area contributed by atoms with Gasteiger partial charge in [0.15, 0.2) is 0 Å². The maximum atomic E-state index is 13.1. The van der Waals surface area contributed by atoms with Gasteiger partial charge in [-0.25, -0.2) is 0 Å². The Labute approximate surface area is 159 Å². The van der Waals surface area contributed by atoms with Crippen molar-refractivity contribution in [3.8, 4) is 0 Å². The lowest BCUT2D eigenvalue weighted by Gasteiger charge is -2.56. The summed E-state index contributed by atoms with van der Waals surface area (Å²) in [6.07, 6.45) is -4.44. The standard InChI is InChI=1S/C19H21F3N2O4/c1-11(2)23-10-15(25)24(18(17(23)28)7-13(8-18)16(26)27)9-12-3-5-14(6-4-12)19(20,21)22/h3-6,11,13H,7-10H2,1-2H3,(H,26,27). The van der Waals surface area contributed by atoms with Crippen LogP contribution in [0.25, 0.3) is 0 Å². The predicted octanol–water partition coefficient (Wildman–Crippen LogP) is 2.52. The molecule has 1 N–H and O–H groups in total. The fraction of sp³-hybridized carbons (Fsp3) is 0.526. The molecule has 1 spiro atoms. The smallest absolute Gasteiger partial charge is 0.416 e. The quantitative estimate of drug-likeness (QED) is 0.846. The third-order valence-corrected chi connectivity index (χ3v) is 5.55. The van der Waals surface area contributed by atoms with Crippen molar-refractivity contribution < 1.29 is 32.7 Å². The van der Waals surface area contributed by atoms with E-state index in [2.05, 4.69) is 0 Å². The number of benzene rings is 1. The van der Waals surface area contributed by atoms with Crippen molar-refractivity contribution in [2.24, 2.45) is 5.92 Å². The second-order valence-electron chi connectivity index (χ2n) is 7.68. The van der Waals surface area contributed by atoms with Crippen molar-refractivity contribution in [1.29, 1.82) is 0 Å². The topological polar surface area (TPSA) is 77.9 Å². The molecule has 2 fully saturated rings. The first-order chi connectivity index (χ1) is 13.0. The van der Waals surface area contributed by atoms with E-state index in [0.717, 1.165) is 12.1 Å².